The number of phenols is 1. The predicted octanol–water partition coefficient (Wildman–Crippen LogP) is 0.398. The molecule has 1 aromatic rings. The summed E-state index contributed by atoms with van der Waals surface area (Å²) in [4.78, 5) is 11.4. The third-order valence-corrected chi connectivity index (χ3v) is 2.83. The molecule has 0 spiro atoms. The van der Waals surface area contributed by atoms with E-state index in [9.17, 15) is 4.79 Å². The van der Waals surface area contributed by atoms with Crippen LogP contribution in [0.15, 0.2) is 24.3 Å². The van der Waals surface area contributed by atoms with Gasteiger partial charge in [-0.05, 0) is 30.5 Å². The predicted molar refractivity (Wildman–Crippen MR) is 60.9 cm³/mol. The molecule has 0 aliphatic heterocycles. The Bertz CT molecular complexity index is 375. The van der Waals surface area contributed by atoms with Gasteiger partial charge >= 0.3 is 0 Å². The molecule has 4 heteroatoms. The first kappa shape index (κ1) is 11.0. The Balaban J connectivity index is 1.71. The fourth-order valence-electron chi connectivity index (χ4n) is 1.64. The monoisotopic (exact) mass is 220 g/mol. The van der Waals surface area contributed by atoms with Crippen molar-refractivity contribution in [3.05, 3.63) is 29.8 Å². The summed E-state index contributed by atoms with van der Waals surface area (Å²) in [5.41, 5.74) is 6.67. The van der Waals surface area contributed by atoms with Gasteiger partial charge in [-0.15, -0.1) is 0 Å². The summed E-state index contributed by atoms with van der Waals surface area (Å²) in [5.74, 6) is 0.350. The maximum atomic E-state index is 11.4. The van der Waals surface area contributed by atoms with Crippen molar-refractivity contribution in [2.45, 2.75) is 18.9 Å². The highest BCUT2D eigenvalue weighted by Gasteiger charge is 2.39. The Kier molecular flexibility index (Phi) is 3.10. The molecule has 0 aromatic heterocycles. The minimum atomic E-state index is 0.0276. The Morgan fingerprint density at radius 3 is 2.62 bits per heavy atom. The second-order valence-corrected chi connectivity index (χ2v) is 4.21. The molecular weight excluding hydrogens is 204 g/mol. The van der Waals surface area contributed by atoms with Gasteiger partial charge in [0.25, 0.3) is 0 Å². The van der Waals surface area contributed by atoms with Gasteiger partial charge in [0.15, 0.2) is 0 Å². The molecular formula is C12H16N2O2. The molecule has 0 radical (unpaired) electrons. The van der Waals surface area contributed by atoms with Crippen LogP contribution in [0.25, 0.3) is 0 Å². The van der Waals surface area contributed by atoms with Crippen molar-refractivity contribution in [2.24, 2.45) is 11.7 Å². The van der Waals surface area contributed by atoms with Gasteiger partial charge in [0, 0.05) is 12.6 Å². The largest absolute Gasteiger partial charge is 0.508 e. The maximum Gasteiger partial charge on any atom is 0.224 e. The lowest BCUT2D eigenvalue weighted by atomic mass is 10.1. The van der Waals surface area contributed by atoms with Crippen LogP contribution >= 0.6 is 0 Å². The zero-order valence-corrected chi connectivity index (χ0v) is 9.02. The molecule has 16 heavy (non-hydrogen) atoms. The van der Waals surface area contributed by atoms with Crippen LogP contribution in [0.2, 0.25) is 0 Å². The molecule has 1 aliphatic carbocycles. The number of amides is 1. The fraction of sp³-hybridized carbons (Fsp3) is 0.417. The number of aromatic hydroxyl groups is 1. The van der Waals surface area contributed by atoms with Crippen LogP contribution in [0.5, 0.6) is 5.75 Å². The minimum absolute atomic E-state index is 0.0276. The number of carbonyl (C=O) groups is 1. The van der Waals surface area contributed by atoms with Crippen molar-refractivity contribution in [2.75, 3.05) is 6.54 Å². The molecule has 1 fully saturated rings. The van der Waals surface area contributed by atoms with Gasteiger partial charge in [-0.1, -0.05) is 12.1 Å². The van der Waals surface area contributed by atoms with E-state index in [4.69, 9.17) is 10.8 Å². The number of nitrogens with one attached hydrogen (secondary N) is 1. The molecule has 0 heterocycles. The lowest BCUT2D eigenvalue weighted by Crippen LogP contribution is -2.29. The van der Waals surface area contributed by atoms with Gasteiger partial charge in [0.05, 0.1) is 5.92 Å². The van der Waals surface area contributed by atoms with Crippen molar-refractivity contribution < 1.29 is 9.90 Å². The van der Waals surface area contributed by atoms with Gasteiger partial charge < -0.3 is 16.2 Å². The van der Waals surface area contributed by atoms with E-state index in [2.05, 4.69) is 5.32 Å². The van der Waals surface area contributed by atoms with Gasteiger partial charge in [-0.2, -0.15) is 0 Å². The number of carbonyl (C=O) groups excluding carboxylic acids is 1. The van der Waals surface area contributed by atoms with E-state index in [1.165, 1.54) is 0 Å². The number of nitrogens with two attached hydrogens (primary N) is 1. The standard InChI is InChI=1S/C12H16N2O2/c13-11-7-10(11)12(16)14-6-5-8-1-3-9(15)4-2-8/h1-4,10-11,15H,5-7,13H2,(H,14,16). The molecule has 4 N–H and O–H groups in total. The van der Waals surface area contributed by atoms with E-state index in [0.717, 1.165) is 18.4 Å². The van der Waals surface area contributed by atoms with E-state index in [1.807, 2.05) is 12.1 Å². The first-order valence-corrected chi connectivity index (χ1v) is 5.48. The summed E-state index contributed by atoms with van der Waals surface area (Å²) >= 11 is 0. The smallest absolute Gasteiger partial charge is 0.224 e. The Labute approximate surface area is 94.5 Å². The van der Waals surface area contributed by atoms with Crippen molar-refractivity contribution in [3.63, 3.8) is 0 Å². The molecule has 1 amide bonds. The molecule has 2 atom stereocenters. The zero-order valence-electron chi connectivity index (χ0n) is 9.02. The number of hydrogen-bond donors (Lipinski definition) is 3. The normalized spacial score (nSPS) is 22.8. The van der Waals surface area contributed by atoms with Crippen LogP contribution in [0, 0.1) is 5.92 Å². The van der Waals surface area contributed by atoms with E-state index in [0.29, 0.717) is 6.54 Å². The third-order valence-electron chi connectivity index (χ3n) is 2.83. The lowest BCUT2D eigenvalue weighted by molar-refractivity contribution is -0.122. The highest BCUT2D eigenvalue weighted by atomic mass is 16.3. The topological polar surface area (TPSA) is 75.4 Å². The average molecular weight is 220 g/mol. The first-order chi connectivity index (χ1) is 7.66. The van der Waals surface area contributed by atoms with Crippen molar-refractivity contribution >= 4 is 5.91 Å². The molecule has 1 aromatic carbocycles. The molecule has 86 valence electrons. The summed E-state index contributed by atoms with van der Waals surface area (Å²) in [6, 6.07) is 7.06. The molecule has 0 saturated heterocycles. The first-order valence-electron chi connectivity index (χ1n) is 5.48. The third kappa shape index (κ3) is 2.73. The zero-order chi connectivity index (χ0) is 11.5. The minimum Gasteiger partial charge on any atom is -0.508 e. The summed E-state index contributed by atoms with van der Waals surface area (Å²) in [6.07, 6.45) is 1.58. The second kappa shape index (κ2) is 4.53. The average Bonchev–Trinajstić information content (AvgIpc) is 2.98. The van der Waals surface area contributed by atoms with E-state index >= 15 is 0 Å². The molecule has 1 aliphatic rings. The van der Waals surface area contributed by atoms with Gasteiger partial charge in [-0.25, -0.2) is 0 Å². The Morgan fingerprint density at radius 2 is 2.06 bits per heavy atom. The van der Waals surface area contributed by atoms with Crippen molar-refractivity contribution in [3.8, 4) is 5.75 Å². The van der Waals surface area contributed by atoms with Crippen molar-refractivity contribution in [1.82, 2.24) is 5.32 Å². The van der Waals surface area contributed by atoms with Crippen LogP contribution in [-0.2, 0) is 11.2 Å². The highest BCUT2D eigenvalue weighted by Crippen LogP contribution is 2.27. The summed E-state index contributed by atoms with van der Waals surface area (Å²) < 4.78 is 0. The quantitative estimate of drug-likeness (QED) is 0.687. The van der Waals surface area contributed by atoms with Gasteiger partial charge in [0.2, 0.25) is 5.91 Å². The molecule has 2 rings (SSSR count). The van der Waals surface area contributed by atoms with Crippen LogP contribution in [-0.4, -0.2) is 23.6 Å². The van der Waals surface area contributed by atoms with E-state index in [1.54, 1.807) is 12.1 Å². The van der Waals surface area contributed by atoms with Crippen LogP contribution in [0.1, 0.15) is 12.0 Å². The Morgan fingerprint density at radius 1 is 1.44 bits per heavy atom. The summed E-state index contributed by atoms with van der Waals surface area (Å²) in [6.45, 7) is 0.618. The number of rotatable bonds is 4. The number of benzene rings is 1. The summed E-state index contributed by atoms with van der Waals surface area (Å²) in [5, 5.41) is 12.0. The molecule has 2 unspecified atom stereocenters. The lowest BCUT2D eigenvalue weighted by Gasteiger charge is -2.04. The van der Waals surface area contributed by atoms with Gasteiger partial charge in [0.1, 0.15) is 5.75 Å². The van der Waals surface area contributed by atoms with Crippen LogP contribution in [0.4, 0.5) is 0 Å². The van der Waals surface area contributed by atoms with E-state index < -0.39 is 0 Å². The van der Waals surface area contributed by atoms with Crippen molar-refractivity contribution in [1.29, 1.82) is 0 Å². The maximum absolute atomic E-state index is 11.4. The molecule has 1 saturated carbocycles. The Hall–Kier alpha value is -1.55. The number of hydrogen-bond acceptors (Lipinski definition) is 3. The van der Waals surface area contributed by atoms with Crippen LogP contribution < -0.4 is 11.1 Å². The highest BCUT2D eigenvalue weighted by molar-refractivity contribution is 5.82. The summed E-state index contributed by atoms with van der Waals surface area (Å²) in [7, 11) is 0. The van der Waals surface area contributed by atoms with E-state index in [-0.39, 0.29) is 23.6 Å². The van der Waals surface area contributed by atoms with Crippen LogP contribution in [0.3, 0.4) is 0 Å². The fourth-order valence-corrected chi connectivity index (χ4v) is 1.64. The SMILES string of the molecule is NC1CC1C(=O)NCCc1ccc(O)cc1. The molecule has 0 bridgehead atoms. The van der Waals surface area contributed by atoms with Gasteiger partial charge in [-0.3, -0.25) is 4.79 Å². The number of phenolic OH excluding ortho intramolecular Hbond substituents is 1. The second-order valence-electron chi connectivity index (χ2n) is 4.21. The molecule has 4 nitrogen and oxygen atoms in total.